The second-order valence-corrected chi connectivity index (χ2v) is 2.87. The molecule has 0 aromatic rings. The summed E-state index contributed by atoms with van der Waals surface area (Å²) in [4.78, 5) is 0. The first kappa shape index (κ1) is 11.4. The van der Waals surface area contributed by atoms with E-state index in [4.69, 9.17) is 4.74 Å². The molecule has 0 aromatic carbocycles. The predicted octanol–water partition coefficient (Wildman–Crippen LogP) is 3.32. The van der Waals surface area contributed by atoms with Crippen molar-refractivity contribution in [3.8, 4) is 0 Å². The highest BCUT2D eigenvalue weighted by Crippen LogP contribution is 1.99. The average molecular weight is 168 g/mol. The highest BCUT2D eigenvalue weighted by molar-refractivity contribution is 4.88. The van der Waals surface area contributed by atoms with Gasteiger partial charge in [-0.1, -0.05) is 24.3 Å². The van der Waals surface area contributed by atoms with Gasteiger partial charge in [-0.05, 0) is 33.1 Å². The molecule has 12 heavy (non-hydrogen) atoms. The lowest BCUT2D eigenvalue weighted by atomic mass is 10.2. The van der Waals surface area contributed by atoms with Crippen molar-refractivity contribution in [3.63, 3.8) is 0 Å². The third-order valence-corrected chi connectivity index (χ3v) is 1.76. The maximum Gasteiger partial charge on any atom is 0.0723 e. The van der Waals surface area contributed by atoms with Crippen molar-refractivity contribution in [1.29, 1.82) is 0 Å². The largest absolute Gasteiger partial charge is 0.378 e. The van der Waals surface area contributed by atoms with E-state index in [1.807, 2.05) is 6.92 Å². The Kier molecular flexibility index (Phi) is 8.14. The minimum Gasteiger partial charge on any atom is -0.378 e. The summed E-state index contributed by atoms with van der Waals surface area (Å²) in [6.07, 6.45) is 12.4. The molecule has 0 saturated carbocycles. The van der Waals surface area contributed by atoms with Gasteiger partial charge in [0, 0.05) is 7.11 Å². The first-order valence-corrected chi connectivity index (χ1v) is 4.62. The molecule has 0 aliphatic heterocycles. The van der Waals surface area contributed by atoms with E-state index in [2.05, 4.69) is 31.2 Å². The van der Waals surface area contributed by atoms with Gasteiger partial charge in [0.1, 0.15) is 0 Å². The van der Waals surface area contributed by atoms with E-state index in [-0.39, 0.29) is 6.10 Å². The fourth-order valence-electron chi connectivity index (χ4n) is 0.887. The summed E-state index contributed by atoms with van der Waals surface area (Å²) in [5, 5.41) is 0. The Morgan fingerprint density at radius 2 is 1.92 bits per heavy atom. The first-order chi connectivity index (χ1) is 5.81. The van der Waals surface area contributed by atoms with Gasteiger partial charge < -0.3 is 4.74 Å². The van der Waals surface area contributed by atoms with Gasteiger partial charge in [-0.15, -0.1) is 0 Å². The van der Waals surface area contributed by atoms with Gasteiger partial charge in [0.15, 0.2) is 0 Å². The summed E-state index contributed by atoms with van der Waals surface area (Å²) >= 11 is 0. The summed E-state index contributed by atoms with van der Waals surface area (Å²) in [7, 11) is 1.73. The second-order valence-electron chi connectivity index (χ2n) is 2.87. The van der Waals surface area contributed by atoms with E-state index >= 15 is 0 Å². The Labute approximate surface area is 76.1 Å². The van der Waals surface area contributed by atoms with Crippen LogP contribution >= 0.6 is 0 Å². The predicted molar refractivity (Wildman–Crippen MR) is 54.3 cm³/mol. The normalized spacial score (nSPS) is 14.6. The highest BCUT2D eigenvalue weighted by atomic mass is 16.5. The molecule has 0 spiro atoms. The number of methoxy groups -OCH3 is 1. The van der Waals surface area contributed by atoms with Crippen LogP contribution in [0, 0.1) is 0 Å². The Hall–Kier alpha value is -0.560. The van der Waals surface area contributed by atoms with Crippen LogP contribution in [0.3, 0.4) is 0 Å². The molecule has 0 amide bonds. The Bertz CT molecular complexity index is 136. The zero-order chi connectivity index (χ0) is 9.23. The molecular formula is C11H20O. The van der Waals surface area contributed by atoms with E-state index in [0.29, 0.717) is 0 Å². The minimum atomic E-state index is 0.256. The lowest BCUT2D eigenvalue weighted by Crippen LogP contribution is -1.98. The smallest absolute Gasteiger partial charge is 0.0723 e. The minimum absolute atomic E-state index is 0.256. The van der Waals surface area contributed by atoms with Gasteiger partial charge in [-0.2, -0.15) is 0 Å². The van der Waals surface area contributed by atoms with Crippen LogP contribution in [0.15, 0.2) is 24.3 Å². The van der Waals surface area contributed by atoms with Gasteiger partial charge in [-0.25, -0.2) is 0 Å². The van der Waals surface area contributed by atoms with Crippen LogP contribution in [0.2, 0.25) is 0 Å². The molecule has 0 aliphatic carbocycles. The monoisotopic (exact) mass is 168 g/mol. The van der Waals surface area contributed by atoms with Gasteiger partial charge in [0.2, 0.25) is 0 Å². The van der Waals surface area contributed by atoms with Crippen LogP contribution in [-0.2, 0) is 4.74 Å². The van der Waals surface area contributed by atoms with E-state index in [0.717, 1.165) is 6.42 Å². The standard InChI is InChI=1S/C11H20O/c1-4-5-6-7-8-9-10-11(2)12-3/h4-5,9-11H,6-8H2,1-3H3/b5-4+,10-9+. The Morgan fingerprint density at radius 3 is 2.50 bits per heavy atom. The van der Waals surface area contributed by atoms with Crippen LogP contribution in [0.4, 0.5) is 0 Å². The molecule has 0 radical (unpaired) electrons. The molecule has 0 rings (SSSR count). The lowest BCUT2D eigenvalue weighted by molar-refractivity contribution is 0.156. The van der Waals surface area contributed by atoms with E-state index in [9.17, 15) is 0 Å². The van der Waals surface area contributed by atoms with Crippen molar-refractivity contribution in [2.24, 2.45) is 0 Å². The van der Waals surface area contributed by atoms with Gasteiger partial charge in [0.25, 0.3) is 0 Å². The summed E-state index contributed by atoms with van der Waals surface area (Å²) in [6, 6.07) is 0. The van der Waals surface area contributed by atoms with Gasteiger partial charge in [0.05, 0.1) is 6.10 Å². The van der Waals surface area contributed by atoms with Crippen LogP contribution in [0.25, 0.3) is 0 Å². The van der Waals surface area contributed by atoms with Crippen LogP contribution in [-0.4, -0.2) is 13.2 Å². The molecule has 70 valence electrons. The Balaban J connectivity index is 3.24. The lowest BCUT2D eigenvalue weighted by Gasteiger charge is -2.00. The first-order valence-electron chi connectivity index (χ1n) is 4.62. The van der Waals surface area contributed by atoms with Crippen LogP contribution in [0.1, 0.15) is 33.1 Å². The van der Waals surface area contributed by atoms with Crippen LogP contribution < -0.4 is 0 Å². The number of hydrogen-bond acceptors (Lipinski definition) is 1. The molecule has 0 N–H and O–H groups in total. The molecule has 0 aliphatic rings. The third kappa shape index (κ3) is 7.55. The average Bonchev–Trinajstić information content (AvgIpc) is 2.10. The van der Waals surface area contributed by atoms with Crippen molar-refractivity contribution < 1.29 is 4.74 Å². The SMILES string of the molecule is C/C=C/CCC/C=C/C(C)OC. The quantitative estimate of drug-likeness (QED) is 0.436. The number of unbranched alkanes of at least 4 members (excludes halogenated alkanes) is 2. The maximum absolute atomic E-state index is 5.08. The van der Waals surface area contributed by atoms with Crippen LogP contribution in [0.5, 0.6) is 0 Å². The molecule has 0 fully saturated rings. The zero-order valence-electron chi connectivity index (χ0n) is 8.42. The molecule has 0 heterocycles. The van der Waals surface area contributed by atoms with Crippen molar-refractivity contribution in [1.82, 2.24) is 0 Å². The fourth-order valence-corrected chi connectivity index (χ4v) is 0.887. The summed E-state index contributed by atoms with van der Waals surface area (Å²) < 4.78 is 5.08. The maximum atomic E-state index is 5.08. The molecule has 1 nitrogen and oxygen atoms in total. The molecule has 1 atom stereocenters. The van der Waals surface area contributed by atoms with Gasteiger partial charge in [-0.3, -0.25) is 0 Å². The number of rotatable bonds is 6. The summed E-state index contributed by atoms with van der Waals surface area (Å²) in [6.45, 7) is 4.10. The zero-order valence-corrected chi connectivity index (χ0v) is 8.42. The summed E-state index contributed by atoms with van der Waals surface area (Å²) in [5.41, 5.74) is 0. The van der Waals surface area contributed by atoms with Crippen molar-refractivity contribution in [2.75, 3.05) is 7.11 Å². The molecule has 1 heteroatoms. The molecular weight excluding hydrogens is 148 g/mol. The Morgan fingerprint density at radius 1 is 1.25 bits per heavy atom. The van der Waals surface area contributed by atoms with Crippen molar-refractivity contribution in [3.05, 3.63) is 24.3 Å². The van der Waals surface area contributed by atoms with E-state index < -0.39 is 0 Å². The van der Waals surface area contributed by atoms with Gasteiger partial charge >= 0.3 is 0 Å². The van der Waals surface area contributed by atoms with Crippen molar-refractivity contribution >= 4 is 0 Å². The molecule has 0 bridgehead atoms. The molecule has 0 saturated heterocycles. The second kappa shape index (κ2) is 8.54. The number of ether oxygens (including phenoxy) is 1. The highest BCUT2D eigenvalue weighted by Gasteiger charge is 1.88. The topological polar surface area (TPSA) is 9.23 Å². The van der Waals surface area contributed by atoms with E-state index in [1.54, 1.807) is 7.11 Å². The number of allylic oxidation sites excluding steroid dienone is 3. The fraction of sp³-hybridized carbons (Fsp3) is 0.636. The molecule has 1 unspecified atom stereocenters. The van der Waals surface area contributed by atoms with E-state index in [1.165, 1.54) is 12.8 Å². The number of hydrogen-bond donors (Lipinski definition) is 0. The molecule has 0 aromatic heterocycles. The van der Waals surface area contributed by atoms with Crippen molar-refractivity contribution in [2.45, 2.75) is 39.2 Å². The summed E-state index contributed by atoms with van der Waals surface area (Å²) in [5.74, 6) is 0. The third-order valence-electron chi connectivity index (χ3n) is 1.76.